The number of hydrogen-bond donors (Lipinski definition) is 1. The maximum absolute atomic E-state index is 11.2. The van der Waals surface area contributed by atoms with Crippen LogP contribution in [0.2, 0.25) is 0 Å². The van der Waals surface area contributed by atoms with E-state index in [4.69, 9.17) is 9.47 Å². The number of ether oxygens (including phenoxy) is 2. The lowest BCUT2D eigenvalue weighted by Crippen LogP contribution is -2.09. The van der Waals surface area contributed by atoms with Crippen molar-refractivity contribution in [2.24, 2.45) is 0 Å². The van der Waals surface area contributed by atoms with E-state index in [-0.39, 0.29) is 12.0 Å². The van der Waals surface area contributed by atoms with Crippen LogP contribution in [0.1, 0.15) is 11.1 Å². The van der Waals surface area contributed by atoms with Crippen molar-refractivity contribution in [1.29, 1.82) is 0 Å². The quantitative estimate of drug-likeness (QED) is 0.641. The smallest absolute Gasteiger partial charge is 0.247 e. The van der Waals surface area contributed by atoms with E-state index in [0.29, 0.717) is 6.61 Å². The van der Waals surface area contributed by atoms with E-state index in [1.807, 2.05) is 26.0 Å². The van der Waals surface area contributed by atoms with Crippen LogP contribution in [0.5, 0.6) is 5.75 Å². The van der Waals surface area contributed by atoms with Crippen LogP contribution >= 0.6 is 0 Å². The van der Waals surface area contributed by atoms with Crippen LogP contribution in [0.3, 0.4) is 0 Å². The molecule has 2 rings (SSSR count). The number of rotatable bonds is 5. The average Bonchev–Trinajstić information content (AvgIpc) is 3.11. The number of aryl methyl sites for hydroxylation is 2. The van der Waals surface area contributed by atoms with Crippen molar-refractivity contribution in [2.45, 2.75) is 20.0 Å². The molecule has 0 radical (unpaired) electrons. The minimum atomic E-state index is -0.214. The van der Waals surface area contributed by atoms with Gasteiger partial charge in [0.1, 0.15) is 18.5 Å². The predicted molar refractivity (Wildman–Crippen MR) is 70.0 cm³/mol. The number of benzene rings is 1. The third-order valence-electron chi connectivity index (χ3n) is 2.73. The van der Waals surface area contributed by atoms with Gasteiger partial charge in [-0.15, -0.1) is 0 Å². The molecule has 4 nitrogen and oxygen atoms in total. The molecule has 1 saturated heterocycles. The molecule has 0 spiro atoms. The molecule has 0 aromatic heterocycles. The Labute approximate surface area is 107 Å². The van der Waals surface area contributed by atoms with E-state index in [9.17, 15) is 4.79 Å². The topological polar surface area (TPSA) is 50.9 Å². The number of hydrogen-bond acceptors (Lipinski definition) is 3. The molecule has 1 aliphatic heterocycles. The molecule has 0 aliphatic carbocycles. The highest BCUT2D eigenvalue weighted by atomic mass is 16.6. The maximum Gasteiger partial charge on any atom is 0.247 e. The molecule has 1 fully saturated rings. The van der Waals surface area contributed by atoms with Gasteiger partial charge < -0.3 is 14.8 Å². The Bertz CT molecular complexity index is 455. The van der Waals surface area contributed by atoms with E-state index in [0.717, 1.165) is 29.2 Å². The second kappa shape index (κ2) is 5.23. The summed E-state index contributed by atoms with van der Waals surface area (Å²) in [4.78, 5) is 11.2. The Morgan fingerprint density at radius 1 is 1.56 bits per heavy atom. The number of anilines is 1. The summed E-state index contributed by atoms with van der Waals surface area (Å²) in [5.41, 5.74) is 2.75. The highest BCUT2D eigenvalue weighted by Crippen LogP contribution is 2.28. The van der Waals surface area contributed by atoms with E-state index >= 15 is 0 Å². The van der Waals surface area contributed by atoms with Gasteiger partial charge in [0.25, 0.3) is 0 Å². The molecule has 0 saturated carbocycles. The van der Waals surface area contributed by atoms with Crippen LogP contribution in [0.15, 0.2) is 24.8 Å². The van der Waals surface area contributed by atoms with Crippen LogP contribution in [0, 0.1) is 13.8 Å². The molecule has 1 N–H and O–H groups in total. The SMILES string of the molecule is C=CC(=O)Nc1cc(C)c(OCC2CO2)c(C)c1. The summed E-state index contributed by atoms with van der Waals surface area (Å²) in [6, 6.07) is 3.77. The van der Waals surface area contributed by atoms with Gasteiger partial charge in [0.15, 0.2) is 0 Å². The molecule has 1 atom stereocenters. The van der Waals surface area contributed by atoms with Crippen LogP contribution in [0.25, 0.3) is 0 Å². The van der Waals surface area contributed by atoms with Gasteiger partial charge >= 0.3 is 0 Å². The fraction of sp³-hybridized carbons (Fsp3) is 0.357. The third-order valence-corrected chi connectivity index (χ3v) is 2.73. The van der Waals surface area contributed by atoms with Crippen LogP contribution in [0.4, 0.5) is 5.69 Å². The Balaban J connectivity index is 2.11. The molecule has 1 aromatic carbocycles. The van der Waals surface area contributed by atoms with Gasteiger partial charge in [0, 0.05) is 5.69 Å². The van der Waals surface area contributed by atoms with Crippen molar-refractivity contribution < 1.29 is 14.3 Å². The lowest BCUT2D eigenvalue weighted by molar-refractivity contribution is -0.111. The fourth-order valence-corrected chi connectivity index (χ4v) is 1.78. The van der Waals surface area contributed by atoms with Crippen molar-refractivity contribution >= 4 is 11.6 Å². The van der Waals surface area contributed by atoms with Crippen LogP contribution in [-0.2, 0) is 9.53 Å². The van der Waals surface area contributed by atoms with Gasteiger partial charge in [-0.05, 0) is 43.2 Å². The molecule has 1 aliphatic rings. The lowest BCUT2D eigenvalue weighted by Gasteiger charge is -2.13. The van der Waals surface area contributed by atoms with E-state index in [1.54, 1.807) is 0 Å². The first kappa shape index (κ1) is 12.6. The highest BCUT2D eigenvalue weighted by Gasteiger charge is 2.23. The van der Waals surface area contributed by atoms with Gasteiger partial charge in [-0.2, -0.15) is 0 Å². The number of nitrogens with one attached hydrogen (secondary N) is 1. The second-order valence-corrected chi connectivity index (χ2v) is 4.40. The van der Waals surface area contributed by atoms with Crippen LogP contribution in [-0.4, -0.2) is 25.2 Å². The van der Waals surface area contributed by atoms with E-state index in [1.165, 1.54) is 6.08 Å². The van der Waals surface area contributed by atoms with Gasteiger partial charge in [0.05, 0.1) is 6.61 Å². The molecular weight excluding hydrogens is 230 g/mol. The largest absolute Gasteiger partial charge is 0.490 e. The lowest BCUT2D eigenvalue weighted by atomic mass is 10.1. The van der Waals surface area contributed by atoms with Crippen molar-refractivity contribution in [1.82, 2.24) is 0 Å². The fourth-order valence-electron chi connectivity index (χ4n) is 1.78. The standard InChI is InChI=1S/C14H17NO3/c1-4-13(16)15-11-5-9(2)14(10(3)6-11)18-8-12-7-17-12/h4-6,12H,1,7-8H2,2-3H3,(H,15,16). The van der Waals surface area contributed by atoms with Crippen molar-refractivity contribution in [2.75, 3.05) is 18.5 Å². The molecule has 18 heavy (non-hydrogen) atoms. The van der Waals surface area contributed by atoms with Gasteiger partial charge in [0.2, 0.25) is 5.91 Å². The Kier molecular flexibility index (Phi) is 3.67. The normalized spacial score (nSPS) is 17.1. The first-order valence-corrected chi connectivity index (χ1v) is 5.89. The number of epoxide rings is 1. The molecule has 1 heterocycles. The molecule has 4 heteroatoms. The average molecular weight is 247 g/mol. The Morgan fingerprint density at radius 2 is 2.17 bits per heavy atom. The summed E-state index contributed by atoms with van der Waals surface area (Å²) < 4.78 is 10.8. The zero-order chi connectivity index (χ0) is 13.1. The zero-order valence-electron chi connectivity index (χ0n) is 10.7. The molecule has 1 aromatic rings. The summed E-state index contributed by atoms with van der Waals surface area (Å²) in [6.07, 6.45) is 1.49. The molecule has 0 bridgehead atoms. The van der Waals surface area contributed by atoms with Crippen LogP contribution < -0.4 is 10.1 Å². The maximum atomic E-state index is 11.2. The summed E-state index contributed by atoms with van der Waals surface area (Å²) >= 11 is 0. The van der Waals surface area contributed by atoms with Gasteiger partial charge in [-0.3, -0.25) is 4.79 Å². The summed E-state index contributed by atoms with van der Waals surface area (Å²) in [5.74, 6) is 0.649. The van der Waals surface area contributed by atoms with E-state index < -0.39 is 0 Å². The van der Waals surface area contributed by atoms with Crippen molar-refractivity contribution in [3.63, 3.8) is 0 Å². The van der Waals surface area contributed by atoms with E-state index in [2.05, 4.69) is 11.9 Å². The minimum absolute atomic E-state index is 0.214. The highest BCUT2D eigenvalue weighted by molar-refractivity contribution is 5.99. The molecule has 96 valence electrons. The van der Waals surface area contributed by atoms with Crippen molar-refractivity contribution in [3.05, 3.63) is 35.9 Å². The van der Waals surface area contributed by atoms with Gasteiger partial charge in [-0.1, -0.05) is 6.58 Å². The number of carbonyl (C=O) groups excluding carboxylic acids is 1. The van der Waals surface area contributed by atoms with Gasteiger partial charge in [-0.25, -0.2) is 0 Å². The molecule has 1 amide bonds. The molecular formula is C14H17NO3. The zero-order valence-corrected chi connectivity index (χ0v) is 10.7. The minimum Gasteiger partial charge on any atom is -0.490 e. The first-order chi connectivity index (χ1) is 8.60. The second-order valence-electron chi connectivity index (χ2n) is 4.40. The third kappa shape index (κ3) is 3.11. The first-order valence-electron chi connectivity index (χ1n) is 5.89. The summed E-state index contributed by atoms with van der Waals surface area (Å²) in [6.45, 7) is 8.71. The Hall–Kier alpha value is -1.81. The Morgan fingerprint density at radius 3 is 2.67 bits per heavy atom. The van der Waals surface area contributed by atoms with Crippen molar-refractivity contribution in [3.8, 4) is 5.75 Å². The number of carbonyl (C=O) groups is 1. The number of amides is 1. The summed E-state index contributed by atoms with van der Waals surface area (Å²) in [7, 11) is 0. The molecule has 1 unspecified atom stereocenters. The summed E-state index contributed by atoms with van der Waals surface area (Å²) in [5, 5.41) is 2.74. The monoisotopic (exact) mass is 247 g/mol. The predicted octanol–water partition coefficient (Wildman–Crippen LogP) is 2.21.